The molecule has 0 aliphatic heterocycles. The van der Waals surface area contributed by atoms with Crippen LogP contribution in [0.2, 0.25) is 0 Å². The fourth-order valence-electron chi connectivity index (χ4n) is 1.78. The SMILES string of the molecule is CSc1ccc(C(=O)NCCOc2ccccc2N)cc1. The minimum absolute atomic E-state index is 0.104. The summed E-state index contributed by atoms with van der Waals surface area (Å²) in [6.45, 7) is 0.806. The van der Waals surface area contributed by atoms with Crippen molar-refractivity contribution >= 4 is 23.4 Å². The van der Waals surface area contributed by atoms with Crippen LogP contribution in [-0.2, 0) is 0 Å². The number of hydrogen-bond donors (Lipinski definition) is 2. The molecular weight excluding hydrogens is 284 g/mol. The third kappa shape index (κ3) is 4.43. The van der Waals surface area contributed by atoms with Crippen LogP contribution < -0.4 is 15.8 Å². The molecule has 0 unspecified atom stereocenters. The summed E-state index contributed by atoms with van der Waals surface area (Å²) in [5, 5.41) is 2.81. The number of nitrogens with two attached hydrogens (primary N) is 1. The van der Waals surface area contributed by atoms with Crippen LogP contribution in [0.25, 0.3) is 0 Å². The van der Waals surface area contributed by atoms with E-state index in [0.717, 1.165) is 4.90 Å². The van der Waals surface area contributed by atoms with Gasteiger partial charge in [0.25, 0.3) is 5.91 Å². The van der Waals surface area contributed by atoms with E-state index in [0.29, 0.717) is 30.2 Å². The van der Waals surface area contributed by atoms with Crippen molar-refractivity contribution < 1.29 is 9.53 Å². The number of nitrogen functional groups attached to an aromatic ring is 1. The Morgan fingerprint density at radius 3 is 2.57 bits per heavy atom. The van der Waals surface area contributed by atoms with Crippen LogP contribution in [0.5, 0.6) is 5.75 Å². The Morgan fingerprint density at radius 2 is 1.90 bits per heavy atom. The van der Waals surface area contributed by atoms with E-state index >= 15 is 0 Å². The first kappa shape index (κ1) is 15.3. The van der Waals surface area contributed by atoms with Crippen LogP contribution in [-0.4, -0.2) is 25.3 Å². The zero-order valence-electron chi connectivity index (χ0n) is 11.8. The van der Waals surface area contributed by atoms with Crippen molar-refractivity contribution in [1.82, 2.24) is 5.32 Å². The van der Waals surface area contributed by atoms with Crippen LogP contribution in [0.3, 0.4) is 0 Å². The Balaban J connectivity index is 1.77. The summed E-state index contributed by atoms with van der Waals surface area (Å²) in [6, 6.07) is 14.8. The molecule has 4 nitrogen and oxygen atoms in total. The van der Waals surface area contributed by atoms with Gasteiger partial charge in [-0.3, -0.25) is 4.79 Å². The second kappa shape index (κ2) is 7.59. The lowest BCUT2D eigenvalue weighted by Crippen LogP contribution is -2.28. The second-order valence-electron chi connectivity index (χ2n) is 4.37. The third-order valence-electron chi connectivity index (χ3n) is 2.92. The maximum atomic E-state index is 11.9. The van der Waals surface area contributed by atoms with Gasteiger partial charge in [0.05, 0.1) is 12.2 Å². The highest BCUT2D eigenvalue weighted by Gasteiger charge is 2.05. The van der Waals surface area contributed by atoms with E-state index in [1.165, 1.54) is 0 Å². The number of rotatable bonds is 6. The van der Waals surface area contributed by atoms with Gasteiger partial charge in [0.2, 0.25) is 0 Å². The largest absolute Gasteiger partial charge is 0.490 e. The van der Waals surface area contributed by atoms with Crippen molar-refractivity contribution in [1.29, 1.82) is 0 Å². The van der Waals surface area contributed by atoms with E-state index in [9.17, 15) is 4.79 Å². The molecule has 0 spiro atoms. The molecule has 0 atom stereocenters. The second-order valence-corrected chi connectivity index (χ2v) is 5.25. The van der Waals surface area contributed by atoms with Gasteiger partial charge in [-0.05, 0) is 42.7 Å². The highest BCUT2D eigenvalue weighted by atomic mass is 32.2. The Bertz CT molecular complexity index is 599. The lowest BCUT2D eigenvalue weighted by atomic mass is 10.2. The van der Waals surface area contributed by atoms with Crippen LogP contribution in [0, 0.1) is 0 Å². The summed E-state index contributed by atoms with van der Waals surface area (Å²) < 4.78 is 5.52. The molecule has 1 amide bonds. The molecular formula is C16H18N2O2S. The smallest absolute Gasteiger partial charge is 0.251 e. The molecule has 0 aliphatic rings. The molecule has 3 N–H and O–H groups in total. The predicted octanol–water partition coefficient (Wildman–Crippen LogP) is 2.80. The van der Waals surface area contributed by atoms with Crippen molar-refractivity contribution in [2.75, 3.05) is 25.1 Å². The number of anilines is 1. The van der Waals surface area contributed by atoms with Gasteiger partial charge in [0.15, 0.2) is 0 Å². The molecule has 2 aromatic carbocycles. The van der Waals surface area contributed by atoms with Gasteiger partial charge in [0.1, 0.15) is 12.4 Å². The highest BCUT2D eigenvalue weighted by molar-refractivity contribution is 7.98. The first-order valence-electron chi connectivity index (χ1n) is 6.60. The molecule has 0 heterocycles. The molecule has 0 aromatic heterocycles. The molecule has 2 rings (SSSR count). The molecule has 0 saturated heterocycles. The molecule has 0 saturated carbocycles. The minimum atomic E-state index is -0.104. The van der Waals surface area contributed by atoms with Crippen LogP contribution in [0.1, 0.15) is 10.4 Å². The van der Waals surface area contributed by atoms with Crippen LogP contribution in [0.4, 0.5) is 5.69 Å². The van der Waals surface area contributed by atoms with E-state index in [1.54, 1.807) is 23.9 Å². The van der Waals surface area contributed by atoms with Gasteiger partial charge in [-0.1, -0.05) is 12.1 Å². The number of amides is 1. The van der Waals surface area contributed by atoms with Crippen molar-refractivity contribution in [2.24, 2.45) is 0 Å². The molecule has 0 radical (unpaired) electrons. The van der Waals surface area contributed by atoms with E-state index in [4.69, 9.17) is 10.5 Å². The summed E-state index contributed by atoms with van der Waals surface area (Å²) in [5.74, 6) is 0.531. The van der Waals surface area contributed by atoms with Crippen molar-refractivity contribution in [3.8, 4) is 5.75 Å². The minimum Gasteiger partial charge on any atom is -0.490 e. The number of ether oxygens (including phenoxy) is 1. The average Bonchev–Trinajstić information content (AvgIpc) is 2.53. The summed E-state index contributed by atoms with van der Waals surface area (Å²) >= 11 is 1.65. The quantitative estimate of drug-likeness (QED) is 0.489. The van der Waals surface area contributed by atoms with Gasteiger partial charge in [0, 0.05) is 10.5 Å². The fourth-order valence-corrected chi connectivity index (χ4v) is 2.19. The molecule has 21 heavy (non-hydrogen) atoms. The maximum Gasteiger partial charge on any atom is 0.251 e. The Labute approximate surface area is 128 Å². The number of hydrogen-bond acceptors (Lipinski definition) is 4. The first-order valence-corrected chi connectivity index (χ1v) is 7.82. The van der Waals surface area contributed by atoms with Crippen LogP contribution in [0.15, 0.2) is 53.4 Å². The molecule has 0 aliphatic carbocycles. The van der Waals surface area contributed by atoms with E-state index in [-0.39, 0.29) is 5.91 Å². The standard InChI is InChI=1S/C16H18N2O2S/c1-21-13-8-6-12(7-9-13)16(19)18-10-11-20-15-5-3-2-4-14(15)17/h2-9H,10-11,17H2,1H3,(H,18,19). The van der Waals surface area contributed by atoms with Gasteiger partial charge < -0.3 is 15.8 Å². The Hall–Kier alpha value is -2.14. The van der Waals surface area contributed by atoms with Gasteiger partial charge in [-0.15, -0.1) is 11.8 Å². The number of thioether (sulfide) groups is 1. The van der Waals surface area contributed by atoms with Crippen molar-refractivity contribution in [3.05, 3.63) is 54.1 Å². The summed E-state index contributed by atoms with van der Waals surface area (Å²) in [4.78, 5) is 13.1. The van der Waals surface area contributed by atoms with E-state index in [2.05, 4.69) is 5.32 Å². The summed E-state index contributed by atoms with van der Waals surface area (Å²) in [5.41, 5.74) is 7.01. The van der Waals surface area contributed by atoms with Crippen molar-refractivity contribution in [2.45, 2.75) is 4.90 Å². The van der Waals surface area contributed by atoms with Crippen LogP contribution >= 0.6 is 11.8 Å². The normalized spacial score (nSPS) is 10.1. The topological polar surface area (TPSA) is 64.3 Å². The maximum absolute atomic E-state index is 11.9. The van der Waals surface area contributed by atoms with Gasteiger partial charge >= 0.3 is 0 Å². The number of carbonyl (C=O) groups is 1. The Morgan fingerprint density at radius 1 is 1.19 bits per heavy atom. The summed E-state index contributed by atoms with van der Waals surface area (Å²) in [7, 11) is 0. The molecule has 5 heteroatoms. The average molecular weight is 302 g/mol. The lowest BCUT2D eigenvalue weighted by molar-refractivity contribution is 0.0947. The zero-order chi connectivity index (χ0) is 15.1. The first-order chi connectivity index (χ1) is 10.2. The predicted molar refractivity (Wildman–Crippen MR) is 86.9 cm³/mol. The number of para-hydroxylation sites is 2. The van der Waals surface area contributed by atoms with Gasteiger partial charge in [-0.25, -0.2) is 0 Å². The Kier molecular flexibility index (Phi) is 5.51. The number of carbonyl (C=O) groups excluding carboxylic acids is 1. The fraction of sp³-hybridized carbons (Fsp3) is 0.188. The molecule has 0 bridgehead atoms. The van der Waals surface area contributed by atoms with E-state index in [1.807, 2.05) is 42.7 Å². The molecule has 0 fully saturated rings. The van der Waals surface area contributed by atoms with Gasteiger partial charge in [-0.2, -0.15) is 0 Å². The monoisotopic (exact) mass is 302 g/mol. The zero-order valence-corrected chi connectivity index (χ0v) is 12.7. The lowest BCUT2D eigenvalue weighted by Gasteiger charge is -2.09. The number of benzene rings is 2. The van der Waals surface area contributed by atoms with E-state index < -0.39 is 0 Å². The highest BCUT2D eigenvalue weighted by Crippen LogP contribution is 2.19. The third-order valence-corrected chi connectivity index (χ3v) is 3.66. The van der Waals surface area contributed by atoms with Crippen molar-refractivity contribution in [3.63, 3.8) is 0 Å². The summed E-state index contributed by atoms with van der Waals surface area (Å²) in [6.07, 6.45) is 2.00. The molecule has 2 aromatic rings. The number of nitrogens with one attached hydrogen (secondary N) is 1. The molecule has 110 valence electrons.